The molecule has 1 atom stereocenters. The topological polar surface area (TPSA) is 29.3 Å². The lowest BCUT2D eigenvalue weighted by molar-refractivity contribution is 0.185. The Kier molecular flexibility index (Phi) is 4.82. The van der Waals surface area contributed by atoms with Gasteiger partial charge >= 0.3 is 0 Å². The lowest BCUT2D eigenvalue weighted by Crippen LogP contribution is -2.39. The van der Waals surface area contributed by atoms with Gasteiger partial charge in [-0.2, -0.15) is 0 Å². The molecule has 0 aliphatic heterocycles. The van der Waals surface area contributed by atoms with Crippen LogP contribution in [-0.4, -0.2) is 28.5 Å². The molecule has 1 aliphatic carbocycles. The molecule has 1 saturated carbocycles. The smallest absolute Gasteiger partial charge is 0.0743 e. The lowest BCUT2D eigenvalue weighted by atomic mass is 10.1. The molecule has 0 amide bonds. The maximum absolute atomic E-state index is 5.63. The average molecular weight is 214 g/mol. The molecule has 1 unspecified atom stereocenters. The van der Waals surface area contributed by atoms with Crippen LogP contribution in [0.3, 0.4) is 0 Å². The Balaban J connectivity index is 2.48. The molecule has 1 fully saturated rings. The van der Waals surface area contributed by atoms with Crippen LogP contribution in [0.1, 0.15) is 46.0 Å². The highest BCUT2D eigenvalue weighted by atomic mass is 32.1. The van der Waals surface area contributed by atoms with Crippen LogP contribution in [0, 0.1) is 0 Å². The van der Waals surface area contributed by atoms with E-state index in [2.05, 4.69) is 18.7 Å². The molecule has 3 heteroatoms. The Bertz CT molecular complexity index is 190. The first kappa shape index (κ1) is 11.9. The second kappa shape index (κ2) is 5.66. The molecule has 14 heavy (non-hydrogen) atoms. The van der Waals surface area contributed by atoms with Crippen LogP contribution >= 0.6 is 12.2 Å². The van der Waals surface area contributed by atoms with Crippen molar-refractivity contribution < 1.29 is 0 Å². The third-order valence-electron chi connectivity index (χ3n) is 2.87. The molecule has 0 saturated heterocycles. The highest BCUT2D eigenvalue weighted by molar-refractivity contribution is 7.80. The molecule has 0 bridgehead atoms. The SMILES string of the molecule is CCCN(C1CC1)C(CC)CC(N)=S. The Labute approximate surface area is 92.8 Å². The average Bonchev–Trinajstić information content (AvgIpc) is 2.93. The van der Waals surface area contributed by atoms with Crippen molar-refractivity contribution in [3.05, 3.63) is 0 Å². The first-order valence-corrected chi connectivity index (χ1v) is 6.13. The Morgan fingerprint density at radius 2 is 2.14 bits per heavy atom. The van der Waals surface area contributed by atoms with Crippen molar-refractivity contribution in [1.29, 1.82) is 0 Å². The predicted octanol–water partition coefficient (Wildman–Crippen LogP) is 2.32. The van der Waals surface area contributed by atoms with Crippen LogP contribution in [0.15, 0.2) is 0 Å². The highest BCUT2D eigenvalue weighted by Gasteiger charge is 2.32. The summed E-state index contributed by atoms with van der Waals surface area (Å²) >= 11 is 5.00. The lowest BCUT2D eigenvalue weighted by Gasteiger charge is -2.30. The minimum atomic E-state index is 0.583. The maximum atomic E-state index is 5.63. The van der Waals surface area contributed by atoms with Gasteiger partial charge in [0.2, 0.25) is 0 Å². The molecular formula is C11H22N2S. The van der Waals surface area contributed by atoms with Gasteiger partial charge in [0.05, 0.1) is 4.99 Å². The molecule has 1 aliphatic rings. The fourth-order valence-corrected chi connectivity index (χ4v) is 2.25. The fourth-order valence-electron chi connectivity index (χ4n) is 2.06. The second-order valence-electron chi connectivity index (χ2n) is 4.20. The standard InChI is InChI=1S/C11H22N2S/c1-3-7-13(10-5-6-10)9(4-2)8-11(12)14/h9-10H,3-8H2,1-2H3,(H2,12,14). The molecule has 82 valence electrons. The van der Waals surface area contributed by atoms with E-state index in [1.807, 2.05) is 0 Å². The summed E-state index contributed by atoms with van der Waals surface area (Å²) in [7, 11) is 0. The van der Waals surface area contributed by atoms with Gasteiger partial charge < -0.3 is 5.73 Å². The van der Waals surface area contributed by atoms with Gasteiger partial charge in [-0.1, -0.05) is 26.1 Å². The van der Waals surface area contributed by atoms with Gasteiger partial charge in [0.1, 0.15) is 0 Å². The summed E-state index contributed by atoms with van der Waals surface area (Å²) in [6.45, 7) is 5.67. The molecule has 0 aromatic heterocycles. The van der Waals surface area contributed by atoms with Gasteiger partial charge in [-0.25, -0.2) is 0 Å². The third kappa shape index (κ3) is 3.54. The third-order valence-corrected chi connectivity index (χ3v) is 3.04. The maximum Gasteiger partial charge on any atom is 0.0743 e. The van der Waals surface area contributed by atoms with E-state index in [4.69, 9.17) is 18.0 Å². The largest absolute Gasteiger partial charge is 0.393 e. The van der Waals surface area contributed by atoms with E-state index >= 15 is 0 Å². The van der Waals surface area contributed by atoms with Crippen LogP contribution in [0.25, 0.3) is 0 Å². The molecule has 1 rings (SSSR count). The zero-order chi connectivity index (χ0) is 10.6. The van der Waals surface area contributed by atoms with Crippen molar-refractivity contribution in [2.45, 2.75) is 58.0 Å². The second-order valence-corrected chi connectivity index (χ2v) is 4.73. The van der Waals surface area contributed by atoms with Crippen LogP contribution in [-0.2, 0) is 0 Å². The van der Waals surface area contributed by atoms with E-state index in [0.717, 1.165) is 18.9 Å². The summed E-state index contributed by atoms with van der Waals surface area (Å²) in [6, 6.07) is 1.41. The minimum absolute atomic E-state index is 0.583. The van der Waals surface area contributed by atoms with Gasteiger partial charge in [-0.3, -0.25) is 4.90 Å². The summed E-state index contributed by atoms with van der Waals surface area (Å²) in [4.78, 5) is 3.28. The van der Waals surface area contributed by atoms with E-state index in [-0.39, 0.29) is 0 Å². The van der Waals surface area contributed by atoms with Crippen LogP contribution < -0.4 is 5.73 Å². The summed E-state index contributed by atoms with van der Waals surface area (Å²) < 4.78 is 0. The Morgan fingerprint density at radius 1 is 1.50 bits per heavy atom. The number of thiocarbonyl (C=S) groups is 1. The molecule has 0 heterocycles. The molecule has 0 spiro atoms. The number of nitrogens with two attached hydrogens (primary N) is 1. The number of rotatable bonds is 7. The van der Waals surface area contributed by atoms with E-state index in [1.54, 1.807) is 0 Å². The van der Waals surface area contributed by atoms with Crippen LogP contribution in [0.5, 0.6) is 0 Å². The predicted molar refractivity (Wildman–Crippen MR) is 65.5 cm³/mol. The van der Waals surface area contributed by atoms with E-state index < -0.39 is 0 Å². The van der Waals surface area contributed by atoms with Crippen molar-refractivity contribution in [3.8, 4) is 0 Å². The monoisotopic (exact) mass is 214 g/mol. The van der Waals surface area contributed by atoms with Gasteiger partial charge in [0, 0.05) is 18.5 Å². The first-order chi connectivity index (χ1) is 6.69. The summed E-state index contributed by atoms with van der Waals surface area (Å²) in [5.41, 5.74) is 5.63. The number of nitrogens with zero attached hydrogens (tertiary/aromatic N) is 1. The van der Waals surface area contributed by atoms with Gasteiger partial charge in [-0.15, -0.1) is 0 Å². The van der Waals surface area contributed by atoms with Gasteiger partial charge in [0.25, 0.3) is 0 Å². The van der Waals surface area contributed by atoms with Crippen molar-refractivity contribution in [1.82, 2.24) is 4.90 Å². The first-order valence-electron chi connectivity index (χ1n) is 5.73. The fraction of sp³-hybridized carbons (Fsp3) is 0.909. The van der Waals surface area contributed by atoms with Crippen molar-refractivity contribution in [2.75, 3.05) is 6.54 Å². The summed E-state index contributed by atoms with van der Waals surface area (Å²) in [5.74, 6) is 0. The zero-order valence-corrected chi connectivity index (χ0v) is 10.1. The highest BCUT2D eigenvalue weighted by Crippen LogP contribution is 2.30. The Hall–Kier alpha value is -0.150. The van der Waals surface area contributed by atoms with E-state index in [9.17, 15) is 0 Å². The summed E-state index contributed by atoms with van der Waals surface area (Å²) in [6.07, 6.45) is 6.02. The van der Waals surface area contributed by atoms with Crippen LogP contribution in [0.4, 0.5) is 0 Å². The van der Waals surface area contributed by atoms with Crippen molar-refractivity contribution >= 4 is 17.2 Å². The normalized spacial score (nSPS) is 18.5. The Morgan fingerprint density at radius 3 is 2.50 bits per heavy atom. The van der Waals surface area contributed by atoms with Gasteiger partial charge in [-0.05, 0) is 32.2 Å². The van der Waals surface area contributed by atoms with Crippen molar-refractivity contribution in [2.24, 2.45) is 5.73 Å². The van der Waals surface area contributed by atoms with E-state index in [0.29, 0.717) is 11.0 Å². The summed E-state index contributed by atoms with van der Waals surface area (Å²) in [5, 5.41) is 0. The number of hydrogen-bond donors (Lipinski definition) is 1. The molecule has 0 aromatic rings. The number of hydrogen-bond acceptors (Lipinski definition) is 2. The molecule has 0 aromatic carbocycles. The molecule has 2 N–H and O–H groups in total. The van der Waals surface area contributed by atoms with Crippen molar-refractivity contribution in [3.63, 3.8) is 0 Å². The molecule has 0 radical (unpaired) electrons. The van der Waals surface area contributed by atoms with Crippen LogP contribution in [0.2, 0.25) is 0 Å². The molecular weight excluding hydrogens is 192 g/mol. The molecule has 2 nitrogen and oxygen atoms in total. The quantitative estimate of drug-likeness (QED) is 0.660. The minimum Gasteiger partial charge on any atom is -0.393 e. The zero-order valence-electron chi connectivity index (χ0n) is 9.33. The van der Waals surface area contributed by atoms with E-state index in [1.165, 1.54) is 25.8 Å². The van der Waals surface area contributed by atoms with Gasteiger partial charge in [0.15, 0.2) is 0 Å².